The quantitative estimate of drug-likeness (QED) is 0.690. The van der Waals surface area contributed by atoms with E-state index in [1.807, 2.05) is 0 Å². The van der Waals surface area contributed by atoms with E-state index in [4.69, 9.17) is 19.7 Å². The van der Waals surface area contributed by atoms with Crippen LogP contribution in [-0.2, 0) is 11.4 Å². The van der Waals surface area contributed by atoms with Gasteiger partial charge in [0.1, 0.15) is 5.60 Å². The second-order valence-electron chi connectivity index (χ2n) is 4.60. The molecule has 2 rings (SSSR count). The molecule has 3 N–H and O–H groups in total. The lowest BCUT2D eigenvalue weighted by molar-refractivity contribution is -0.143. The monoisotopic (exact) mass is 267 g/mol. The van der Waals surface area contributed by atoms with E-state index in [0.29, 0.717) is 30.2 Å². The van der Waals surface area contributed by atoms with E-state index in [1.165, 1.54) is 7.11 Å². The molecule has 104 valence electrons. The molecule has 1 saturated heterocycles. The molecule has 0 unspecified atom stereocenters. The third-order valence-corrected chi connectivity index (χ3v) is 3.10. The summed E-state index contributed by atoms with van der Waals surface area (Å²) in [6.45, 7) is 0.896. The van der Waals surface area contributed by atoms with Gasteiger partial charge in [0, 0.05) is 13.1 Å². The number of hydrogen-bond donors (Lipinski definition) is 3. The lowest BCUT2D eigenvalue weighted by Crippen LogP contribution is -2.64. The average molecular weight is 267 g/mol. The van der Waals surface area contributed by atoms with Crippen molar-refractivity contribution >= 4 is 5.97 Å². The fourth-order valence-corrected chi connectivity index (χ4v) is 2.04. The van der Waals surface area contributed by atoms with Gasteiger partial charge >= 0.3 is 5.97 Å². The van der Waals surface area contributed by atoms with Gasteiger partial charge in [0.15, 0.2) is 11.5 Å². The summed E-state index contributed by atoms with van der Waals surface area (Å²) in [5.74, 6) is 0.0816. The number of rotatable bonds is 6. The molecule has 0 atom stereocenters. The molecule has 1 fully saturated rings. The highest BCUT2D eigenvalue weighted by Crippen LogP contribution is 2.33. The highest BCUT2D eigenvalue weighted by Gasteiger charge is 2.42. The maximum Gasteiger partial charge on any atom is 0.307 e. The molecule has 0 bridgehead atoms. The maximum absolute atomic E-state index is 10.9. The summed E-state index contributed by atoms with van der Waals surface area (Å²) in [6.07, 6.45) is -0.0646. The number of carboxylic acid groups (broad SMARTS) is 1. The fraction of sp³-hybridized carbons (Fsp3) is 0.462. The Hall–Kier alpha value is -1.79. The number of hydrogen-bond acceptors (Lipinski definition) is 5. The van der Waals surface area contributed by atoms with Gasteiger partial charge in [0.25, 0.3) is 0 Å². The predicted octanol–water partition coefficient (Wildman–Crippen LogP) is 0.383. The second-order valence-corrected chi connectivity index (χ2v) is 4.60. The Balaban J connectivity index is 2.19. The van der Waals surface area contributed by atoms with Crippen LogP contribution >= 0.6 is 0 Å². The summed E-state index contributed by atoms with van der Waals surface area (Å²) in [7, 11) is 1.51. The molecule has 6 heteroatoms. The van der Waals surface area contributed by atoms with Crippen LogP contribution in [0.1, 0.15) is 12.0 Å². The zero-order valence-corrected chi connectivity index (χ0v) is 10.7. The molecule has 1 aromatic rings. The molecule has 1 aromatic carbocycles. The van der Waals surface area contributed by atoms with Crippen LogP contribution < -0.4 is 14.8 Å². The third-order valence-electron chi connectivity index (χ3n) is 3.10. The summed E-state index contributed by atoms with van der Waals surface area (Å²) in [4.78, 5) is 10.9. The minimum Gasteiger partial charge on any atom is -0.493 e. The summed E-state index contributed by atoms with van der Waals surface area (Å²) in [6, 6.07) is 5.08. The first-order valence-electron chi connectivity index (χ1n) is 5.98. The number of nitrogens with one attached hydrogen (secondary N) is 1. The molecule has 19 heavy (non-hydrogen) atoms. The molecule has 0 aliphatic carbocycles. The molecule has 0 aromatic heterocycles. The van der Waals surface area contributed by atoms with Crippen molar-refractivity contribution in [3.05, 3.63) is 23.8 Å². The van der Waals surface area contributed by atoms with Crippen molar-refractivity contribution in [2.75, 3.05) is 20.2 Å². The van der Waals surface area contributed by atoms with Gasteiger partial charge in [-0.15, -0.1) is 0 Å². The third kappa shape index (κ3) is 2.97. The van der Waals surface area contributed by atoms with Crippen LogP contribution in [-0.4, -0.2) is 42.0 Å². The van der Waals surface area contributed by atoms with E-state index in [1.54, 1.807) is 18.2 Å². The zero-order chi connectivity index (χ0) is 13.9. The van der Waals surface area contributed by atoms with Gasteiger partial charge in [-0.3, -0.25) is 4.79 Å². The van der Waals surface area contributed by atoms with Gasteiger partial charge in [-0.2, -0.15) is 0 Å². The van der Waals surface area contributed by atoms with Crippen molar-refractivity contribution in [2.45, 2.75) is 18.6 Å². The van der Waals surface area contributed by atoms with Gasteiger partial charge < -0.3 is 25.0 Å². The Labute approximate surface area is 111 Å². The van der Waals surface area contributed by atoms with Crippen LogP contribution in [0.5, 0.6) is 11.5 Å². The fourth-order valence-electron chi connectivity index (χ4n) is 2.04. The van der Waals surface area contributed by atoms with Crippen LogP contribution in [0.4, 0.5) is 0 Å². The lowest BCUT2D eigenvalue weighted by atomic mass is 9.92. The van der Waals surface area contributed by atoms with Gasteiger partial charge in [0.05, 0.1) is 20.1 Å². The van der Waals surface area contributed by atoms with Crippen LogP contribution in [0.2, 0.25) is 0 Å². The molecule has 1 aliphatic heterocycles. The number of aliphatic carboxylic acids is 1. The number of carbonyl (C=O) groups is 1. The van der Waals surface area contributed by atoms with E-state index in [0.717, 1.165) is 0 Å². The van der Waals surface area contributed by atoms with Crippen molar-refractivity contribution in [3.8, 4) is 11.5 Å². The van der Waals surface area contributed by atoms with Gasteiger partial charge in [-0.25, -0.2) is 0 Å². The smallest absolute Gasteiger partial charge is 0.307 e. The first kappa shape index (κ1) is 13.6. The van der Waals surface area contributed by atoms with Crippen molar-refractivity contribution in [3.63, 3.8) is 0 Å². The molecule has 6 nitrogen and oxygen atoms in total. The van der Waals surface area contributed by atoms with Crippen LogP contribution in [0, 0.1) is 0 Å². The number of methoxy groups -OCH3 is 1. The molecule has 0 radical (unpaired) electrons. The van der Waals surface area contributed by atoms with E-state index in [2.05, 4.69) is 5.32 Å². The molecule has 0 saturated carbocycles. The topological polar surface area (TPSA) is 88.0 Å². The molecule has 1 aliphatic rings. The summed E-state index contributed by atoms with van der Waals surface area (Å²) < 4.78 is 11.0. The second kappa shape index (κ2) is 5.46. The average Bonchev–Trinajstić information content (AvgIpc) is 2.36. The molecule has 1 heterocycles. The Morgan fingerprint density at radius 3 is 2.63 bits per heavy atom. The highest BCUT2D eigenvalue weighted by molar-refractivity contribution is 5.68. The normalized spacial score (nSPS) is 16.5. The first-order chi connectivity index (χ1) is 9.08. The summed E-state index contributed by atoms with van der Waals surface area (Å²) >= 11 is 0. The molecular weight excluding hydrogens is 250 g/mol. The molecule has 0 amide bonds. The number of aliphatic hydroxyl groups excluding tert-OH is 1. The molecule has 0 spiro atoms. The van der Waals surface area contributed by atoms with E-state index in [-0.39, 0.29) is 13.0 Å². The van der Waals surface area contributed by atoms with E-state index >= 15 is 0 Å². The first-order valence-corrected chi connectivity index (χ1v) is 5.98. The van der Waals surface area contributed by atoms with Crippen LogP contribution in [0.25, 0.3) is 0 Å². The highest BCUT2D eigenvalue weighted by atomic mass is 16.5. The van der Waals surface area contributed by atoms with Crippen molar-refractivity contribution < 1.29 is 24.5 Å². The zero-order valence-electron chi connectivity index (χ0n) is 10.7. The Bertz CT molecular complexity index is 470. The Kier molecular flexibility index (Phi) is 3.92. The largest absolute Gasteiger partial charge is 0.493 e. The number of ether oxygens (including phenoxy) is 2. The van der Waals surface area contributed by atoms with E-state index < -0.39 is 11.6 Å². The summed E-state index contributed by atoms with van der Waals surface area (Å²) in [5, 5.41) is 21.0. The van der Waals surface area contributed by atoms with Crippen LogP contribution in [0.15, 0.2) is 18.2 Å². The summed E-state index contributed by atoms with van der Waals surface area (Å²) in [5.41, 5.74) is -0.0111. The Morgan fingerprint density at radius 2 is 2.16 bits per heavy atom. The van der Waals surface area contributed by atoms with Crippen molar-refractivity contribution in [1.82, 2.24) is 5.32 Å². The Morgan fingerprint density at radius 1 is 1.42 bits per heavy atom. The van der Waals surface area contributed by atoms with E-state index in [9.17, 15) is 4.79 Å². The van der Waals surface area contributed by atoms with Gasteiger partial charge in [0.2, 0.25) is 0 Å². The standard InChI is InChI=1S/C13H17NO5/c1-18-11-4-9(6-15)2-3-10(11)19-13(5-12(16)17)7-14-8-13/h2-4,14-15H,5-8H2,1H3,(H,16,17). The lowest BCUT2D eigenvalue weighted by Gasteiger charge is -2.41. The number of benzene rings is 1. The minimum absolute atomic E-state index is 0.0646. The van der Waals surface area contributed by atoms with Gasteiger partial charge in [-0.1, -0.05) is 6.07 Å². The van der Waals surface area contributed by atoms with Crippen molar-refractivity contribution in [2.24, 2.45) is 0 Å². The predicted molar refractivity (Wildman–Crippen MR) is 67.4 cm³/mol. The number of aliphatic hydroxyl groups is 1. The van der Waals surface area contributed by atoms with Crippen molar-refractivity contribution in [1.29, 1.82) is 0 Å². The van der Waals surface area contributed by atoms with Gasteiger partial charge in [-0.05, 0) is 17.7 Å². The maximum atomic E-state index is 10.9. The molecular formula is C13H17NO5. The minimum atomic E-state index is -0.896. The van der Waals surface area contributed by atoms with Crippen LogP contribution in [0.3, 0.4) is 0 Å². The SMILES string of the molecule is COc1cc(CO)ccc1OC1(CC(=O)O)CNC1. The number of carboxylic acids is 1.